The van der Waals surface area contributed by atoms with Crippen molar-refractivity contribution >= 4 is 5.91 Å². The molecule has 0 aromatic heterocycles. The Kier molecular flexibility index (Phi) is 5.88. The fourth-order valence-electron chi connectivity index (χ4n) is 3.79. The molecule has 20 heavy (non-hydrogen) atoms. The van der Waals surface area contributed by atoms with Crippen LogP contribution >= 0.6 is 0 Å². The Bertz CT molecular complexity index is 310. The van der Waals surface area contributed by atoms with Crippen LogP contribution in [0, 0.1) is 11.8 Å². The van der Waals surface area contributed by atoms with Gasteiger partial charge in [0, 0.05) is 6.54 Å². The number of hydrogen-bond donors (Lipinski definition) is 1. The van der Waals surface area contributed by atoms with Crippen LogP contribution in [0.4, 0.5) is 0 Å². The van der Waals surface area contributed by atoms with Crippen LogP contribution in [-0.2, 0) is 4.79 Å². The van der Waals surface area contributed by atoms with Gasteiger partial charge in [0.25, 0.3) is 0 Å². The minimum absolute atomic E-state index is 0.0614. The van der Waals surface area contributed by atoms with Crippen molar-refractivity contribution in [1.82, 2.24) is 10.2 Å². The summed E-state index contributed by atoms with van der Waals surface area (Å²) in [5.41, 5.74) is 0. The number of rotatable bonds is 6. The topological polar surface area (TPSA) is 32.3 Å². The van der Waals surface area contributed by atoms with E-state index in [0.29, 0.717) is 11.8 Å². The van der Waals surface area contributed by atoms with Crippen molar-refractivity contribution in [2.75, 3.05) is 6.54 Å². The average Bonchev–Trinajstić information content (AvgIpc) is 2.73. The van der Waals surface area contributed by atoms with Crippen LogP contribution < -0.4 is 5.32 Å². The van der Waals surface area contributed by atoms with Crippen LogP contribution in [0.3, 0.4) is 0 Å². The molecule has 2 atom stereocenters. The summed E-state index contributed by atoms with van der Waals surface area (Å²) in [5.74, 6) is 1.78. The van der Waals surface area contributed by atoms with E-state index in [9.17, 15) is 4.79 Å². The minimum atomic E-state index is 0.0614. The number of carbonyl (C=O) groups is 1. The molecule has 0 bridgehead atoms. The quantitative estimate of drug-likeness (QED) is 0.807. The summed E-state index contributed by atoms with van der Waals surface area (Å²) < 4.78 is 0. The van der Waals surface area contributed by atoms with Gasteiger partial charge in [0.1, 0.15) is 0 Å². The highest BCUT2D eigenvalue weighted by atomic mass is 16.2. The van der Waals surface area contributed by atoms with Gasteiger partial charge in [-0.1, -0.05) is 52.9 Å². The molecule has 2 aliphatic rings. The maximum atomic E-state index is 12.5. The van der Waals surface area contributed by atoms with Crippen LogP contribution in [0.2, 0.25) is 0 Å². The summed E-state index contributed by atoms with van der Waals surface area (Å²) in [6, 6.07) is 0.0614. The molecule has 2 unspecified atom stereocenters. The van der Waals surface area contributed by atoms with Crippen molar-refractivity contribution in [3.05, 3.63) is 0 Å². The molecule has 1 saturated carbocycles. The Morgan fingerprint density at radius 2 is 1.95 bits per heavy atom. The number of nitrogens with one attached hydrogen (secondary N) is 1. The normalized spacial score (nSPS) is 28.6. The summed E-state index contributed by atoms with van der Waals surface area (Å²) in [5, 5.41) is 3.54. The molecule has 1 N–H and O–H groups in total. The molecule has 0 aromatic carbocycles. The molecule has 2 rings (SSSR count). The first-order chi connectivity index (χ1) is 9.61. The summed E-state index contributed by atoms with van der Waals surface area (Å²) in [6.45, 7) is 7.53. The van der Waals surface area contributed by atoms with Crippen LogP contribution in [0.5, 0.6) is 0 Å². The smallest absolute Gasteiger partial charge is 0.241 e. The van der Waals surface area contributed by atoms with E-state index in [2.05, 4.69) is 31.0 Å². The van der Waals surface area contributed by atoms with E-state index in [1.54, 1.807) is 0 Å². The van der Waals surface area contributed by atoms with E-state index < -0.39 is 0 Å². The predicted molar refractivity (Wildman–Crippen MR) is 83.4 cm³/mol. The third-order valence-electron chi connectivity index (χ3n) is 4.95. The lowest BCUT2D eigenvalue weighted by Gasteiger charge is -2.27. The van der Waals surface area contributed by atoms with Crippen LogP contribution in [0.25, 0.3) is 0 Å². The summed E-state index contributed by atoms with van der Waals surface area (Å²) in [7, 11) is 0. The van der Waals surface area contributed by atoms with Gasteiger partial charge in [0.05, 0.1) is 12.2 Å². The summed E-state index contributed by atoms with van der Waals surface area (Å²) in [4.78, 5) is 14.7. The third-order valence-corrected chi connectivity index (χ3v) is 4.95. The van der Waals surface area contributed by atoms with Crippen molar-refractivity contribution in [2.45, 2.75) is 84.3 Å². The summed E-state index contributed by atoms with van der Waals surface area (Å²) in [6.07, 6.45) is 10.4. The van der Waals surface area contributed by atoms with Crippen molar-refractivity contribution in [3.63, 3.8) is 0 Å². The van der Waals surface area contributed by atoms with E-state index >= 15 is 0 Å². The van der Waals surface area contributed by atoms with Crippen molar-refractivity contribution in [1.29, 1.82) is 0 Å². The molecule has 1 aliphatic carbocycles. The zero-order valence-corrected chi connectivity index (χ0v) is 13.5. The standard InChI is InChI=1S/C17H32N2O/c1-4-16-18-15(12-13(2)3)17(20)19(16)11-10-14-8-6-5-7-9-14/h13-16,18H,4-12H2,1-3H3. The molecule has 2 fully saturated rings. The second-order valence-electron chi connectivity index (χ2n) is 7.10. The lowest BCUT2D eigenvalue weighted by Crippen LogP contribution is -2.38. The Morgan fingerprint density at radius 3 is 2.55 bits per heavy atom. The van der Waals surface area contributed by atoms with Gasteiger partial charge in [-0.25, -0.2) is 0 Å². The van der Waals surface area contributed by atoms with Gasteiger partial charge in [-0.05, 0) is 31.1 Å². The highest BCUT2D eigenvalue weighted by Gasteiger charge is 2.37. The second-order valence-corrected chi connectivity index (χ2v) is 7.10. The first-order valence-electron chi connectivity index (χ1n) is 8.68. The van der Waals surface area contributed by atoms with E-state index in [1.165, 1.54) is 38.5 Å². The van der Waals surface area contributed by atoms with Gasteiger partial charge in [0.15, 0.2) is 0 Å². The van der Waals surface area contributed by atoms with Crippen LogP contribution in [-0.4, -0.2) is 29.6 Å². The number of nitrogens with zero attached hydrogens (tertiary/aromatic N) is 1. The molecule has 3 heteroatoms. The molecule has 0 aromatic rings. The van der Waals surface area contributed by atoms with Crippen LogP contribution in [0.1, 0.15) is 72.1 Å². The molecule has 116 valence electrons. The van der Waals surface area contributed by atoms with Gasteiger partial charge in [-0.15, -0.1) is 0 Å². The van der Waals surface area contributed by atoms with E-state index in [1.807, 2.05) is 0 Å². The lowest BCUT2D eigenvalue weighted by molar-refractivity contribution is -0.130. The number of amides is 1. The first-order valence-corrected chi connectivity index (χ1v) is 8.68. The summed E-state index contributed by atoms with van der Waals surface area (Å²) >= 11 is 0. The fraction of sp³-hybridized carbons (Fsp3) is 0.941. The van der Waals surface area contributed by atoms with Gasteiger partial charge in [-0.3, -0.25) is 10.1 Å². The minimum Gasteiger partial charge on any atom is -0.326 e. The number of carbonyl (C=O) groups excluding carboxylic acids is 1. The highest BCUT2D eigenvalue weighted by molar-refractivity contribution is 5.84. The molecule has 0 radical (unpaired) electrons. The molecule has 1 saturated heterocycles. The fourth-order valence-corrected chi connectivity index (χ4v) is 3.79. The first kappa shape index (κ1) is 15.8. The van der Waals surface area contributed by atoms with Gasteiger partial charge in [0.2, 0.25) is 5.91 Å². The van der Waals surface area contributed by atoms with Crippen LogP contribution in [0.15, 0.2) is 0 Å². The largest absolute Gasteiger partial charge is 0.326 e. The SMILES string of the molecule is CCC1NC(CC(C)C)C(=O)N1CCC1CCCCC1. The maximum absolute atomic E-state index is 12.5. The zero-order valence-electron chi connectivity index (χ0n) is 13.5. The molecular formula is C17H32N2O. The molecule has 1 aliphatic heterocycles. The lowest BCUT2D eigenvalue weighted by atomic mass is 9.87. The monoisotopic (exact) mass is 280 g/mol. The van der Waals surface area contributed by atoms with Gasteiger partial charge in [-0.2, -0.15) is 0 Å². The van der Waals surface area contributed by atoms with E-state index in [0.717, 1.165) is 25.3 Å². The Labute approximate surface area is 124 Å². The van der Waals surface area contributed by atoms with Crippen molar-refractivity contribution in [2.24, 2.45) is 11.8 Å². The number of hydrogen-bond acceptors (Lipinski definition) is 2. The van der Waals surface area contributed by atoms with Crippen molar-refractivity contribution in [3.8, 4) is 0 Å². The predicted octanol–water partition coefficient (Wildman–Crippen LogP) is 3.54. The molecule has 3 nitrogen and oxygen atoms in total. The van der Waals surface area contributed by atoms with Crippen molar-refractivity contribution < 1.29 is 4.79 Å². The Balaban J connectivity index is 1.86. The molecular weight excluding hydrogens is 248 g/mol. The van der Waals surface area contributed by atoms with E-state index in [-0.39, 0.29) is 12.2 Å². The average molecular weight is 280 g/mol. The zero-order chi connectivity index (χ0) is 14.5. The molecule has 0 spiro atoms. The Morgan fingerprint density at radius 1 is 1.25 bits per heavy atom. The Hall–Kier alpha value is -0.570. The molecule has 1 heterocycles. The third kappa shape index (κ3) is 3.97. The maximum Gasteiger partial charge on any atom is 0.241 e. The highest BCUT2D eigenvalue weighted by Crippen LogP contribution is 2.28. The second kappa shape index (κ2) is 7.44. The van der Waals surface area contributed by atoms with Gasteiger partial charge >= 0.3 is 0 Å². The van der Waals surface area contributed by atoms with E-state index in [4.69, 9.17) is 0 Å². The molecule has 1 amide bonds. The van der Waals surface area contributed by atoms with Gasteiger partial charge < -0.3 is 4.90 Å².